The Hall–Kier alpha value is -0.760. The fourth-order valence-corrected chi connectivity index (χ4v) is 0.802. The molecule has 2 N–H and O–H groups in total. The van der Waals surface area contributed by atoms with Crippen LogP contribution in [0.4, 0.5) is 5.82 Å². The Morgan fingerprint density at radius 1 is 1.60 bits per heavy atom. The smallest absolute Gasteiger partial charge is 0.142 e. The molecular weight excluding hydrogens is 148 g/mol. The SMILES string of the molecule is CCc1ccc(Cl)c(N)n1. The Labute approximate surface area is 65.0 Å². The molecule has 0 aliphatic carbocycles. The van der Waals surface area contributed by atoms with Gasteiger partial charge in [0.15, 0.2) is 0 Å². The number of anilines is 1. The summed E-state index contributed by atoms with van der Waals surface area (Å²) in [6.45, 7) is 2.02. The number of hydrogen-bond acceptors (Lipinski definition) is 2. The summed E-state index contributed by atoms with van der Waals surface area (Å²) in [5, 5.41) is 0.525. The molecule has 2 nitrogen and oxygen atoms in total. The van der Waals surface area contributed by atoms with Crippen LogP contribution >= 0.6 is 11.6 Å². The maximum absolute atomic E-state index is 5.65. The van der Waals surface area contributed by atoms with E-state index in [1.807, 2.05) is 13.0 Å². The van der Waals surface area contributed by atoms with Crippen LogP contribution in [0.15, 0.2) is 12.1 Å². The zero-order chi connectivity index (χ0) is 7.56. The highest BCUT2D eigenvalue weighted by Crippen LogP contribution is 2.15. The van der Waals surface area contributed by atoms with Crippen molar-refractivity contribution in [3.63, 3.8) is 0 Å². The molecule has 1 rings (SSSR count). The maximum Gasteiger partial charge on any atom is 0.142 e. The summed E-state index contributed by atoms with van der Waals surface area (Å²) in [5.74, 6) is 0.418. The first kappa shape index (κ1) is 7.35. The van der Waals surface area contributed by atoms with E-state index < -0.39 is 0 Å². The third-order valence-electron chi connectivity index (χ3n) is 1.29. The highest BCUT2D eigenvalue weighted by atomic mass is 35.5. The summed E-state index contributed by atoms with van der Waals surface area (Å²) < 4.78 is 0. The largest absolute Gasteiger partial charge is 0.382 e. The van der Waals surface area contributed by atoms with Gasteiger partial charge >= 0.3 is 0 Å². The van der Waals surface area contributed by atoms with Crippen molar-refractivity contribution in [2.75, 3.05) is 5.73 Å². The van der Waals surface area contributed by atoms with E-state index in [4.69, 9.17) is 17.3 Å². The van der Waals surface area contributed by atoms with Crippen molar-refractivity contribution >= 4 is 17.4 Å². The molecule has 10 heavy (non-hydrogen) atoms. The Balaban J connectivity index is 3.04. The molecule has 54 valence electrons. The van der Waals surface area contributed by atoms with E-state index in [1.165, 1.54) is 0 Å². The number of hydrogen-bond donors (Lipinski definition) is 1. The minimum atomic E-state index is 0.418. The molecule has 0 atom stereocenters. The fourth-order valence-electron chi connectivity index (χ4n) is 0.697. The highest BCUT2D eigenvalue weighted by molar-refractivity contribution is 6.32. The van der Waals surface area contributed by atoms with Crippen LogP contribution in [0.3, 0.4) is 0 Å². The molecule has 0 unspecified atom stereocenters. The lowest BCUT2D eigenvalue weighted by Crippen LogP contribution is -1.94. The summed E-state index contributed by atoms with van der Waals surface area (Å²) >= 11 is 5.65. The molecule has 1 heterocycles. The van der Waals surface area contributed by atoms with Gasteiger partial charge in [0.25, 0.3) is 0 Å². The van der Waals surface area contributed by atoms with Crippen LogP contribution in [0.5, 0.6) is 0 Å². The second-order valence-electron chi connectivity index (χ2n) is 2.02. The zero-order valence-electron chi connectivity index (χ0n) is 5.76. The average molecular weight is 157 g/mol. The van der Waals surface area contributed by atoms with Crippen LogP contribution in [-0.4, -0.2) is 4.98 Å². The van der Waals surface area contributed by atoms with Crippen LogP contribution in [0.2, 0.25) is 5.02 Å². The van der Waals surface area contributed by atoms with Crippen LogP contribution in [0.25, 0.3) is 0 Å². The van der Waals surface area contributed by atoms with Crippen molar-refractivity contribution in [1.29, 1.82) is 0 Å². The van der Waals surface area contributed by atoms with Gasteiger partial charge in [-0.15, -0.1) is 0 Å². The first-order valence-corrected chi connectivity index (χ1v) is 3.52. The van der Waals surface area contributed by atoms with E-state index in [0.29, 0.717) is 10.8 Å². The number of nitrogens with zero attached hydrogens (tertiary/aromatic N) is 1. The Kier molecular flexibility index (Phi) is 2.12. The predicted molar refractivity (Wildman–Crippen MR) is 43.0 cm³/mol. The van der Waals surface area contributed by atoms with Gasteiger partial charge in [0.2, 0.25) is 0 Å². The van der Waals surface area contributed by atoms with Crippen LogP contribution in [0, 0.1) is 0 Å². The molecule has 0 bridgehead atoms. The summed E-state index contributed by atoms with van der Waals surface area (Å²) in [5.41, 5.74) is 6.43. The molecule has 1 aromatic heterocycles. The quantitative estimate of drug-likeness (QED) is 0.675. The number of pyridine rings is 1. The van der Waals surface area contributed by atoms with Gasteiger partial charge in [-0.25, -0.2) is 4.98 Å². The lowest BCUT2D eigenvalue weighted by Gasteiger charge is -1.98. The van der Waals surface area contributed by atoms with Gasteiger partial charge in [0.05, 0.1) is 5.02 Å². The van der Waals surface area contributed by atoms with Crippen molar-refractivity contribution in [2.45, 2.75) is 13.3 Å². The number of rotatable bonds is 1. The lowest BCUT2D eigenvalue weighted by atomic mass is 10.3. The Morgan fingerprint density at radius 3 is 2.80 bits per heavy atom. The number of nitrogens with two attached hydrogens (primary N) is 1. The molecule has 0 amide bonds. The number of aryl methyl sites for hydroxylation is 1. The standard InChI is InChI=1S/C7H9ClN2/c1-2-5-3-4-6(8)7(9)10-5/h3-4H,2H2,1H3,(H2,9,10). The van der Waals surface area contributed by atoms with Gasteiger partial charge in [0, 0.05) is 5.69 Å². The molecule has 0 radical (unpaired) electrons. The first-order chi connectivity index (χ1) is 4.74. The van der Waals surface area contributed by atoms with Crippen molar-refractivity contribution in [1.82, 2.24) is 4.98 Å². The molecule has 0 saturated carbocycles. The molecule has 0 aliphatic heterocycles. The van der Waals surface area contributed by atoms with Crippen molar-refractivity contribution in [3.05, 3.63) is 22.8 Å². The summed E-state index contributed by atoms with van der Waals surface area (Å²) in [4.78, 5) is 4.04. The van der Waals surface area contributed by atoms with Crippen LogP contribution in [-0.2, 0) is 6.42 Å². The number of aromatic nitrogens is 1. The maximum atomic E-state index is 5.65. The van der Waals surface area contributed by atoms with E-state index in [2.05, 4.69) is 4.98 Å². The van der Waals surface area contributed by atoms with Crippen LogP contribution in [0.1, 0.15) is 12.6 Å². The minimum Gasteiger partial charge on any atom is -0.382 e. The van der Waals surface area contributed by atoms with E-state index >= 15 is 0 Å². The second kappa shape index (κ2) is 2.88. The van der Waals surface area contributed by atoms with Crippen LogP contribution < -0.4 is 5.73 Å². The highest BCUT2D eigenvalue weighted by Gasteiger charge is 1.96. The molecule has 0 spiro atoms. The van der Waals surface area contributed by atoms with E-state index in [-0.39, 0.29) is 0 Å². The summed E-state index contributed by atoms with van der Waals surface area (Å²) in [7, 11) is 0. The summed E-state index contributed by atoms with van der Waals surface area (Å²) in [6, 6.07) is 3.64. The summed E-state index contributed by atoms with van der Waals surface area (Å²) in [6.07, 6.45) is 0.890. The molecule has 0 fully saturated rings. The molecule has 1 aromatic rings. The van der Waals surface area contributed by atoms with Gasteiger partial charge < -0.3 is 5.73 Å². The molecule has 3 heteroatoms. The molecule has 0 saturated heterocycles. The van der Waals surface area contributed by atoms with E-state index in [1.54, 1.807) is 6.07 Å². The third-order valence-corrected chi connectivity index (χ3v) is 1.61. The fraction of sp³-hybridized carbons (Fsp3) is 0.286. The normalized spacial score (nSPS) is 9.80. The first-order valence-electron chi connectivity index (χ1n) is 3.15. The molecular formula is C7H9ClN2. The average Bonchev–Trinajstić information content (AvgIpc) is 1.95. The van der Waals surface area contributed by atoms with Gasteiger partial charge in [-0.2, -0.15) is 0 Å². The Bertz CT molecular complexity index is 235. The molecule has 0 aliphatic rings. The predicted octanol–water partition coefficient (Wildman–Crippen LogP) is 1.88. The van der Waals surface area contributed by atoms with Gasteiger partial charge in [0.1, 0.15) is 5.82 Å². The lowest BCUT2D eigenvalue weighted by molar-refractivity contribution is 1.04. The minimum absolute atomic E-state index is 0.418. The molecule has 0 aromatic carbocycles. The number of halogens is 1. The zero-order valence-corrected chi connectivity index (χ0v) is 6.52. The van der Waals surface area contributed by atoms with Gasteiger partial charge in [-0.3, -0.25) is 0 Å². The number of nitrogen functional groups attached to an aromatic ring is 1. The van der Waals surface area contributed by atoms with E-state index in [9.17, 15) is 0 Å². The monoisotopic (exact) mass is 156 g/mol. The van der Waals surface area contributed by atoms with Crippen molar-refractivity contribution in [3.8, 4) is 0 Å². The van der Waals surface area contributed by atoms with Gasteiger partial charge in [-0.05, 0) is 18.6 Å². The Morgan fingerprint density at radius 2 is 2.30 bits per heavy atom. The van der Waals surface area contributed by atoms with Crippen molar-refractivity contribution in [2.24, 2.45) is 0 Å². The third kappa shape index (κ3) is 1.39. The van der Waals surface area contributed by atoms with Gasteiger partial charge in [-0.1, -0.05) is 18.5 Å². The van der Waals surface area contributed by atoms with E-state index in [0.717, 1.165) is 12.1 Å². The topological polar surface area (TPSA) is 38.9 Å². The second-order valence-corrected chi connectivity index (χ2v) is 2.43. The van der Waals surface area contributed by atoms with Crippen molar-refractivity contribution < 1.29 is 0 Å².